The third-order valence-electron chi connectivity index (χ3n) is 2.09. The minimum atomic E-state index is 0.237. The molecule has 0 aliphatic heterocycles. The lowest BCUT2D eigenvalue weighted by molar-refractivity contribution is 0.244. The number of aliphatic hydroxyl groups excluding tert-OH is 1. The molecule has 0 unspecified atom stereocenters. The van der Waals surface area contributed by atoms with E-state index in [1.807, 2.05) is 19.4 Å². The fourth-order valence-electron chi connectivity index (χ4n) is 1.40. The zero-order valence-corrected chi connectivity index (χ0v) is 9.06. The Morgan fingerprint density at radius 1 is 1.67 bits per heavy atom. The van der Waals surface area contributed by atoms with E-state index in [1.54, 1.807) is 4.68 Å². The Bertz CT molecular complexity index is 327. The van der Waals surface area contributed by atoms with Gasteiger partial charge in [0.25, 0.3) is 0 Å². The Morgan fingerprint density at radius 3 is 3.13 bits per heavy atom. The third kappa shape index (κ3) is 4.15. The van der Waals surface area contributed by atoms with Gasteiger partial charge in [-0.05, 0) is 13.5 Å². The van der Waals surface area contributed by atoms with E-state index in [0.717, 1.165) is 25.1 Å². The summed E-state index contributed by atoms with van der Waals surface area (Å²) in [5, 5.41) is 12.8. The molecule has 0 fully saturated rings. The van der Waals surface area contributed by atoms with Gasteiger partial charge < -0.3 is 10.0 Å². The van der Waals surface area contributed by atoms with Crippen LogP contribution < -0.4 is 0 Å². The fraction of sp³-hybridized carbons (Fsp3) is 0.545. The van der Waals surface area contributed by atoms with Crippen molar-refractivity contribution < 1.29 is 5.11 Å². The van der Waals surface area contributed by atoms with Crippen molar-refractivity contribution in [1.82, 2.24) is 14.7 Å². The van der Waals surface area contributed by atoms with Gasteiger partial charge in [-0.1, -0.05) is 5.92 Å². The van der Waals surface area contributed by atoms with Crippen LogP contribution in [0.15, 0.2) is 12.4 Å². The maximum atomic E-state index is 8.69. The topological polar surface area (TPSA) is 41.3 Å². The van der Waals surface area contributed by atoms with Gasteiger partial charge in [0.1, 0.15) is 6.54 Å². The van der Waals surface area contributed by atoms with Crippen LogP contribution in [0.1, 0.15) is 12.0 Å². The number of nitrogens with zero attached hydrogens (tertiary/aromatic N) is 3. The third-order valence-corrected chi connectivity index (χ3v) is 2.09. The van der Waals surface area contributed by atoms with Crippen molar-refractivity contribution in [1.29, 1.82) is 0 Å². The zero-order valence-electron chi connectivity index (χ0n) is 9.06. The summed E-state index contributed by atoms with van der Waals surface area (Å²) in [7, 11) is 2.02. The summed E-state index contributed by atoms with van der Waals surface area (Å²) < 4.78 is 1.75. The molecule has 0 radical (unpaired) electrons. The van der Waals surface area contributed by atoms with E-state index in [-0.39, 0.29) is 6.61 Å². The largest absolute Gasteiger partial charge is 0.396 e. The highest BCUT2D eigenvalue weighted by Gasteiger charge is 2.02. The predicted molar refractivity (Wildman–Crippen MR) is 59.1 cm³/mol. The fourth-order valence-corrected chi connectivity index (χ4v) is 1.40. The first-order valence-electron chi connectivity index (χ1n) is 5.00. The summed E-state index contributed by atoms with van der Waals surface area (Å²) in [5.74, 6) is 2.54. The Labute approximate surface area is 90.5 Å². The van der Waals surface area contributed by atoms with Gasteiger partial charge in [-0.2, -0.15) is 5.10 Å². The highest BCUT2D eigenvalue weighted by molar-refractivity contribution is 5.04. The van der Waals surface area contributed by atoms with Crippen LogP contribution in [0.25, 0.3) is 0 Å². The van der Waals surface area contributed by atoms with Crippen LogP contribution in [0.3, 0.4) is 0 Å². The molecule has 1 aromatic heterocycles. The summed E-state index contributed by atoms with van der Waals surface area (Å²) in [6, 6.07) is 0. The minimum absolute atomic E-state index is 0.237. The molecule has 0 saturated heterocycles. The van der Waals surface area contributed by atoms with Crippen molar-refractivity contribution >= 4 is 0 Å². The summed E-state index contributed by atoms with van der Waals surface area (Å²) in [6.07, 6.45) is 9.77. The van der Waals surface area contributed by atoms with Gasteiger partial charge in [-0.15, -0.1) is 6.42 Å². The maximum absolute atomic E-state index is 8.69. The monoisotopic (exact) mass is 207 g/mol. The molecule has 4 nitrogen and oxygen atoms in total. The Hall–Kier alpha value is -1.31. The molecular weight excluding hydrogens is 190 g/mol. The quantitative estimate of drug-likeness (QED) is 0.683. The maximum Gasteiger partial charge on any atom is 0.101 e. The normalized spacial score (nSPS) is 10.5. The van der Waals surface area contributed by atoms with Crippen LogP contribution in [0, 0.1) is 12.3 Å². The van der Waals surface area contributed by atoms with E-state index in [1.165, 1.54) is 0 Å². The molecule has 0 spiro atoms. The molecule has 1 aromatic rings. The number of hydrogen-bond donors (Lipinski definition) is 1. The summed E-state index contributed by atoms with van der Waals surface area (Å²) in [6.45, 7) is 2.47. The smallest absolute Gasteiger partial charge is 0.101 e. The molecule has 0 saturated carbocycles. The van der Waals surface area contributed by atoms with Gasteiger partial charge in [0.15, 0.2) is 0 Å². The van der Waals surface area contributed by atoms with Gasteiger partial charge in [0, 0.05) is 31.5 Å². The van der Waals surface area contributed by atoms with Crippen LogP contribution >= 0.6 is 0 Å². The first kappa shape index (κ1) is 11.8. The highest BCUT2D eigenvalue weighted by atomic mass is 16.3. The minimum Gasteiger partial charge on any atom is -0.396 e. The van der Waals surface area contributed by atoms with E-state index in [0.29, 0.717) is 6.54 Å². The predicted octanol–water partition coefficient (Wildman–Crippen LogP) is 0.330. The lowest BCUT2D eigenvalue weighted by atomic mass is 10.3. The Morgan fingerprint density at radius 2 is 2.47 bits per heavy atom. The van der Waals surface area contributed by atoms with Crippen LogP contribution in [-0.4, -0.2) is 40.0 Å². The van der Waals surface area contributed by atoms with Crippen LogP contribution in [0.5, 0.6) is 0 Å². The number of hydrogen-bond acceptors (Lipinski definition) is 3. The van der Waals surface area contributed by atoms with E-state index in [4.69, 9.17) is 11.5 Å². The molecule has 1 heterocycles. The first-order valence-corrected chi connectivity index (χ1v) is 5.00. The van der Waals surface area contributed by atoms with Crippen molar-refractivity contribution in [2.75, 3.05) is 20.2 Å². The van der Waals surface area contributed by atoms with E-state index in [2.05, 4.69) is 15.9 Å². The number of aromatic nitrogens is 2. The summed E-state index contributed by atoms with van der Waals surface area (Å²) >= 11 is 0. The van der Waals surface area contributed by atoms with Gasteiger partial charge >= 0.3 is 0 Å². The van der Waals surface area contributed by atoms with Crippen molar-refractivity contribution in [3.8, 4) is 12.3 Å². The number of aliphatic hydroxyl groups is 1. The second kappa shape index (κ2) is 6.23. The molecule has 0 bridgehead atoms. The second-order valence-electron chi connectivity index (χ2n) is 3.57. The molecule has 1 N–H and O–H groups in total. The average molecular weight is 207 g/mol. The Kier molecular flexibility index (Phi) is 4.88. The standard InChI is InChI=1S/C11H17N3O/c1-3-5-14-10-11(8-12-14)9-13(2)6-4-7-15/h1,8,10,15H,4-7,9H2,2H3. The molecule has 4 heteroatoms. The summed E-state index contributed by atoms with van der Waals surface area (Å²) in [5.41, 5.74) is 1.14. The summed E-state index contributed by atoms with van der Waals surface area (Å²) in [4.78, 5) is 2.15. The van der Waals surface area contributed by atoms with E-state index >= 15 is 0 Å². The lowest BCUT2D eigenvalue weighted by Gasteiger charge is -2.14. The molecule has 82 valence electrons. The van der Waals surface area contributed by atoms with Crippen LogP contribution in [-0.2, 0) is 13.1 Å². The molecule has 0 amide bonds. The van der Waals surface area contributed by atoms with Crippen molar-refractivity contribution in [3.63, 3.8) is 0 Å². The van der Waals surface area contributed by atoms with E-state index in [9.17, 15) is 0 Å². The number of rotatable bonds is 6. The van der Waals surface area contributed by atoms with Crippen molar-refractivity contribution in [3.05, 3.63) is 18.0 Å². The molecule has 0 aromatic carbocycles. The van der Waals surface area contributed by atoms with E-state index < -0.39 is 0 Å². The SMILES string of the molecule is C#CCn1cc(CN(C)CCCO)cn1. The molecule has 0 atom stereocenters. The van der Waals surface area contributed by atoms with Crippen LogP contribution in [0.2, 0.25) is 0 Å². The van der Waals surface area contributed by atoms with Gasteiger partial charge in [-0.25, -0.2) is 0 Å². The highest BCUT2D eigenvalue weighted by Crippen LogP contribution is 2.02. The van der Waals surface area contributed by atoms with Gasteiger partial charge in [0.2, 0.25) is 0 Å². The number of terminal acetylenes is 1. The molecule has 15 heavy (non-hydrogen) atoms. The molecule has 0 aliphatic carbocycles. The molecular formula is C11H17N3O. The molecule has 1 rings (SSSR count). The van der Waals surface area contributed by atoms with Gasteiger partial charge in [-0.3, -0.25) is 4.68 Å². The van der Waals surface area contributed by atoms with Crippen LogP contribution in [0.4, 0.5) is 0 Å². The lowest BCUT2D eigenvalue weighted by Crippen LogP contribution is -2.19. The van der Waals surface area contributed by atoms with Gasteiger partial charge in [0.05, 0.1) is 6.20 Å². The second-order valence-corrected chi connectivity index (χ2v) is 3.57. The average Bonchev–Trinajstić information content (AvgIpc) is 2.63. The zero-order chi connectivity index (χ0) is 11.1. The van der Waals surface area contributed by atoms with Crippen molar-refractivity contribution in [2.24, 2.45) is 0 Å². The van der Waals surface area contributed by atoms with Crippen molar-refractivity contribution in [2.45, 2.75) is 19.5 Å². The Balaban J connectivity index is 2.39. The molecule has 0 aliphatic rings. The first-order chi connectivity index (χ1) is 7.26.